The number of aliphatic carboxylic acids is 1. The standard InChI is InChI=1S/C20H34O5/c1-2-3-4-5-6-7-11-16-13-10-14-17(16)12-8-9-15-18(21)20(24,25)19(22)23/h7-9,11,16-18,21,24-25H,2-6,10,12-15H2,1H3,(H,22,23)/b9-8+,11-7+/t16-,17-,18?/m0/s1. The Bertz CT molecular complexity index is 441. The van der Waals surface area contributed by atoms with Gasteiger partial charge >= 0.3 is 5.97 Å². The molecule has 0 spiro atoms. The predicted molar refractivity (Wildman–Crippen MR) is 97.9 cm³/mol. The summed E-state index contributed by atoms with van der Waals surface area (Å²) in [5, 5.41) is 36.7. The molecule has 0 aromatic rings. The molecule has 1 rings (SSSR count). The molecule has 0 aliphatic heterocycles. The predicted octanol–water partition coefficient (Wildman–Crippen LogP) is 3.39. The van der Waals surface area contributed by atoms with E-state index in [1.54, 1.807) is 6.08 Å². The zero-order valence-corrected chi connectivity index (χ0v) is 15.3. The van der Waals surface area contributed by atoms with Crippen molar-refractivity contribution in [1.29, 1.82) is 0 Å². The third kappa shape index (κ3) is 7.72. The maximum absolute atomic E-state index is 10.6. The Hall–Kier alpha value is -1.17. The van der Waals surface area contributed by atoms with E-state index in [9.17, 15) is 20.1 Å². The van der Waals surface area contributed by atoms with Gasteiger partial charge in [-0.05, 0) is 50.4 Å². The number of aliphatic hydroxyl groups excluding tert-OH is 1. The van der Waals surface area contributed by atoms with Crippen molar-refractivity contribution in [3.63, 3.8) is 0 Å². The summed E-state index contributed by atoms with van der Waals surface area (Å²) in [6, 6.07) is 0. The highest BCUT2D eigenvalue weighted by Gasteiger charge is 2.40. The van der Waals surface area contributed by atoms with Crippen LogP contribution in [0.3, 0.4) is 0 Å². The van der Waals surface area contributed by atoms with Gasteiger partial charge < -0.3 is 20.4 Å². The molecule has 5 heteroatoms. The first-order valence-electron chi connectivity index (χ1n) is 9.57. The van der Waals surface area contributed by atoms with E-state index in [4.69, 9.17) is 5.11 Å². The normalized spacial score (nSPS) is 22.9. The van der Waals surface area contributed by atoms with Gasteiger partial charge in [-0.1, -0.05) is 56.9 Å². The van der Waals surface area contributed by atoms with Crippen LogP contribution in [0.15, 0.2) is 24.3 Å². The van der Waals surface area contributed by atoms with Crippen LogP contribution < -0.4 is 0 Å². The molecule has 3 atom stereocenters. The Balaban J connectivity index is 2.33. The van der Waals surface area contributed by atoms with Gasteiger partial charge in [-0.2, -0.15) is 0 Å². The first-order valence-corrected chi connectivity index (χ1v) is 9.57. The van der Waals surface area contributed by atoms with Gasteiger partial charge in [0.1, 0.15) is 6.10 Å². The fraction of sp³-hybridized carbons (Fsp3) is 0.750. The number of allylic oxidation sites excluding steroid dienone is 3. The van der Waals surface area contributed by atoms with Crippen molar-refractivity contribution in [3.05, 3.63) is 24.3 Å². The van der Waals surface area contributed by atoms with Crippen LogP contribution >= 0.6 is 0 Å². The zero-order valence-electron chi connectivity index (χ0n) is 15.3. The minimum atomic E-state index is -3.10. The van der Waals surface area contributed by atoms with E-state index >= 15 is 0 Å². The number of hydrogen-bond donors (Lipinski definition) is 4. The van der Waals surface area contributed by atoms with Crippen molar-refractivity contribution in [2.24, 2.45) is 11.8 Å². The average Bonchev–Trinajstić information content (AvgIpc) is 3.01. The van der Waals surface area contributed by atoms with Gasteiger partial charge in [0.05, 0.1) is 0 Å². The lowest BCUT2D eigenvalue weighted by Gasteiger charge is -2.21. The average molecular weight is 354 g/mol. The Morgan fingerprint density at radius 3 is 2.60 bits per heavy atom. The second-order valence-corrected chi connectivity index (χ2v) is 7.12. The Labute approximate surface area is 151 Å². The van der Waals surface area contributed by atoms with Crippen molar-refractivity contribution in [1.82, 2.24) is 0 Å². The van der Waals surface area contributed by atoms with Crippen LogP contribution in [0.4, 0.5) is 0 Å². The van der Waals surface area contributed by atoms with E-state index in [1.165, 1.54) is 44.9 Å². The van der Waals surface area contributed by atoms with Crippen molar-refractivity contribution in [2.45, 2.75) is 83.0 Å². The number of aliphatic hydroxyl groups is 3. The molecule has 1 aliphatic rings. The lowest BCUT2D eigenvalue weighted by atomic mass is 9.91. The summed E-state index contributed by atoms with van der Waals surface area (Å²) in [7, 11) is 0. The third-order valence-corrected chi connectivity index (χ3v) is 5.07. The monoisotopic (exact) mass is 354 g/mol. The van der Waals surface area contributed by atoms with Crippen LogP contribution in [0.25, 0.3) is 0 Å². The van der Waals surface area contributed by atoms with E-state index in [-0.39, 0.29) is 6.42 Å². The summed E-state index contributed by atoms with van der Waals surface area (Å²) in [4.78, 5) is 10.6. The minimum Gasteiger partial charge on any atom is -0.477 e. The topological polar surface area (TPSA) is 98.0 Å². The molecule has 1 saturated carbocycles. The van der Waals surface area contributed by atoms with Gasteiger partial charge in [0.15, 0.2) is 0 Å². The highest BCUT2D eigenvalue weighted by Crippen LogP contribution is 2.35. The number of rotatable bonds is 12. The second-order valence-electron chi connectivity index (χ2n) is 7.12. The molecule has 1 unspecified atom stereocenters. The largest absolute Gasteiger partial charge is 0.477 e. The minimum absolute atomic E-state index is 0.0933. The first kappa shape index (κ1) is 21.9. The fourth-order valence-electron chi connectivity index (χ4n) is 3.37. The van der Waals surface area contributed by atoms with E-state index in [1.807, 2.05) is 6.08 Å². The maximum atomic E-state index is 10.6. The van der Waals surface area contributed by atoms with Gasteiger partial charge in [0, 0.05) is 0 Å². The number of carboxylic acids is 1. The second kappa shape index (κ2) is 11.4. The summed E-state index contributed by atoms with van der Waals surface area (Å²) in [6.45, 7) is 2.22. The highest BCUT2D eigenvalue weighted by molar-refractivity contribution is 5.75. The lowest BCUT2D eigenvalue weighted by Crippen LogP contribution is -2.49. The van der Waals surface area contributed by atoms with Crippen molar-refractivity contribution < 1.29 is 25.2 Å². The third-order valence-electron chi connectivity index (χ3n) is 5.07. The van der Waals surface area contributed by atoms with E-state index in [0.717, 1.165) is 12.8 Å². The summed E-state index contributed by atoms with van der Waals surface area (Å²) in [6.07, 6.45) is 17.1. The molecule has 0 amide bonds. The van der Waals surface area contributed by atoms with Crippen LogP contribution in [0, 0.1) is 11.8 Å². The Morgan fingerprint density at radius 1 is 1.16 bits per heavy atom. The molecule has 25 heavy (non-hydrogen) atoms. The Kier molecular flexibility index (Phi) is 10.0. The molecule has 0 aromatic heterocycles. The molecule has 1 fully saturated rings. The number of unbranched alkanes of at least 4 members (excludes halogenated alkanes) is 4. The number of carboxylic acid groups (broad SMARTS) is 1. The number of carbonyl (C=O) groups is 1. The molecule has 144 valence electrons. The molecular weight excluding hydrogens is 320 g/mol. The maximum Gasteiger partial charge on any atom is 0.366 e. The van der Waals surface area contributed by atoms with Crippen LogP contribution in [-0.4, -0.2) is 38.3 Å². The highest BCUT2D eigenvalue weighted by atomic mass is 16.6. The molecule has 0 radical (unpaired) electrons. The van der Waals surface area contributed by atoms with E-state index in [2.05, 4.69) is 19.1 Å². The quantitative estimate of drug-likeness (QED) is 0.245. The van der Waals surface area contributed by atoms with E-state index < -0.39 is 17.9 Å². The lowest BCUT2D eigenvalue weighted by molar-refractivity contribution is -0.235. The van der Waals surface area contributed by atoms with Crippen LogP contribution in [0.2, 0.25) is 0 Å². The first-order chi connectivity index (χ1) is 11.9. The molecule has 0 saturated heterocycles. The van der Waals surface area contributed by atoms with Crippen LogP contribution in [-0.2, 0) is 4.79 Å². The molecule has 1 aliphatic carbocycles. The summed E-state index contributed by atoms with van der Waals surface area (Å²) in [5.41, 5.74) is 0. The summed E-state index contributed by atoms with van der Waals surface area (Å²) in [5.74, 6) is -3.77. The molecule has 0 heterocycles. The number of hydrogen-bond acceptors (Lipinski definition) is 4. The summed E-state index contributed by atoms with van der Waals surface area (Å²) >= 11 is 0. The molecule has 4 N–H and O–H groups in total. The van der Waals surface area contributed by atoms with E-state index in [0.29, 0.717) is 11.8 Å². The van der Waals surface area contributed by atoms with Crippen molar-refractivity contribution in [2.75, 3.05) is 0 Å². The van der Waals surface area contributed by atoms with Gasteiger partial charge in [-0.3, -0.25) is 0 Å². The van der Waals surface area contributed by atoms with Crippen LogP contribution in [0.1, 0.15) is 71.1 Å². The molecule has 5 nitrogen and oxygen atoms in total. The van der Waals surface area contributed by atoms with Gasteiger partial charge in [-0.25, -0.2) is 4.79 Å². The van der Waals surface area contributed by atoms with Gasteiger partial charge in [0.25, 0.3) is 5.79 Å². The SMILES string of the molecule is CCCCCC/C=C/[C@H]1CCC[C@@H]1C/C=C/CC(O)C(O)(O)C(=O)O. The van der Waals surface area contributed by atoms with Crippen LogP contribution in [0.5, 0.6) is 0 Å². The summed E-state index contributed by atoms with van der Waals surface area (Å²) < 4.78 is 0. The zero-order chi connectivity index (χ0) is 18.7. The molecule has 0 bridgehead atoms. The fourth-order valence-corrected chi connectivity index (χ4v) is 3.37. The van der Waals surface area contributed by atoms with Crippen molar-refractivity contribution >= 4 is 5.97 Å². The van der Waals surface area contributed by atoms with Gasteiger partial charge in [0.2, 0.25) is 0 Å². The van der Waals surface area contributed by atoms with Crippen molar-refractivity contribution in [3.8, 4) is 0 Å². The molecular formula is C20H34O5. The van der Waals surface area contributed by atoms with Gasteiger partial charge in [-0.15, -0.1) is 0 Å². The Morgan fingerprint density at radius 2 is 1.92 bits per heavy atom. The smallest absolute Gasteiger partial charge is 0.366 e. The molecule has 0 aromatic carbocycles.